The summed E-state index contributed by atoms with van der Waals surface area (Å²) in [7, 11) is 11.0. The molecule has 0 bridgehead atoms. The number of anilines is 1. The molecule has 1 aromatic carbocycles. The summed E-state index contributed by atoms with van der Waals surface area (Å²) in [5.41, 5.74) is 6.98. The molecule has 1 amide bonds. The van der Waals surface area contributed by atoms with Crippen LogP contribution in [0.5, 0.6) is 5.75 Å². The van der Waals surface area contributed by atoms with Crippen molar-refractivity contribution in [1.82, 2.24) is 9.80 Å². The van der Waals surface area contributed by atoms with Gasteiger partial charge in [0.1, 0.15) is 22.8 Å². The fraction of sp³-hybridized carbons (Fsp3) is 0.464. The third-order valence-corrected chi connectivity index (χ3v) is 7.82. The molecule has 204 valence electrons. The topological polar surface area (TPSA) is 148 Å². The van der Waals surface area contributed by atoms with Gasteiger partial charge in [0, 0.05) is 37.5 Å². The second-order valence-corrected chi connectivity index (χ2v) is 11.0. The second-order valence-electron chi connectivity index (χ2n) is 11.0. The summed E-state index contributed by atoms with van der Waals surface area (Å²) in [6.07, 6.45) is 4.31. The lowest BCUT2D eigenvalue weighted by molar-refractivity contribution is -0.127. The molecule has 0 aromatic heterocycles. The predicted molar refractivity (Wildman–Crippen MR) is 144 cm³/mol. The number of hydrogen-bond acceptors (Lipinski definition) is 9. The molecule has 0 radical (unpaired) electrons. The highest BCUT2D eigenvalue weighted by atomic mass is 16.3. The van der Waals surface area contributed by atoms with Crippen LogP contribution in [0.4, 0.5) is 5.69 Å². The van der Waals surface area contributed by atoms with Crippen LogP contribution in [0.15, 0.2) is 34.8 Å². The van der Waals surface area contributed by atoms with E-state index in [4.69, 9.17) is 5.73 Å². The SMILES string of the molecule is CN(C)C/C=C/c1cc(N(C)C)c2c(c1O)C(=O)C1=C(O)C3C(=O)C(C(N)=O)=C(O)[C@H](N(C)C)C3CC1C2. The van der Waals surface area contributed by atoms with Gasteiger partial charge >= 0.3 is 0 Å². The average molecular weight is 525 g/mol. The number of benzene rings is 1. The largest absolute Gasteiger partial charge is 0.511 e. The maximum absolute atomic E-state index is 14.0. The van der Waals surface area contributed by atoms with E-state index in [1.54, 1.807) is 25.1 Å². The number of Topliss-reactive ketones (excluding diaryl/α,β-unsaturated/α-hetero) is 2. The predicted octanol–water partition coefficient (Wildman–Crippen LogP) is 1.65. The van der Waals surface area contributed by atoms with Crippen molar-refractivity contribution < 1.29 is 29.7 Å². The summed E-state index contributed by atoms with van der Waals surface area (Å²) in [5.74, 6) is -5.63. The number of fused-ring (bicyclic) bond motifs is 3. The molecular formula is C28H36N4O6. The quantitative estimate of drug-likeness (QED) is 0.408. The molecule has 3 aliphatic rings. The zero-order chi connectivity index (χ0) is 28.2. The van der Waals surface area contributed by atoms with Gasteiger partial charge in [-0.15, -0.1) is 0 Å². The Hall–Kier alpha value is -3.63. The Morgan fingerprint density at radius 3 is 2.29 bits per heavy atom. The summed E-state index contributed by atoms with van der Waals surface area (Å²) < 4.78 is 0. The Balaban J connectivity index is 1.90. The van der Waals surface area contributed by atoms with Crippen LogP contribution in [-0.4, -0.2) is 97.5 Å². The molecule has 4 rings (SSSR count). The number of likely N-dealkylation sites (N-methyl/N-ethyl adjacent to an activating group) is 2. The number of hydrogen-bond donors (Lipinski definition) is 4. The van der Waals surface area contributed by atoms with Gasteiger partial charge in [-0.25, -0.2) is 0 Å². The molecule has 0 saturated carbocycles. The zero-order valence-corrected chi connectivity index (χ0v) is 22.6. The number of carbonyl (C=O) groups is 3. The monoisotopic (exact) mass is 524 g/mol. The standard InChI is InChI=1S/C28H36N4O6/c1-30(2)9-7-8-13-12-17(31(3)4)15-10-14-11-16-20(25(35)18(14)24(34)19(15)23(13)33)26(36)21(28(29)38)27(37)22(16)32(5)6/h7-8,12,14,16,20,22,33,35,37H,9-11H2,1-6H3,(H2,29,38)/b8-7+/t14?,16?,20?,22-/m1/s1. The van der Waals surface area contributed by atoms with E-state index in [2.05, 4.69) is 0 Å². The number of phenolic OH excluding ortho intramolecular Hbond substituents is 1. The number of aliphatic hydroxyl groups excluding tert-OH is 2. The zero-order valence-electron chi connectivity index (χ0n) is 22.6. The van der Waals surface area contributed by atoms with Crippen molar-refractivity contribution in [3.63, 3.8) is 0 Å². The van der Waals surface area contributed by atoms with Gasteiger partial charge in [0.2, 0.25) is 0 Å². The Morgan fingerprint density at radius 1 is 1.08 bits per heavy atom. The average Bonchev–Trinajstić information content (AvgIpc) is 2.79. The molecule has 0 spiro atoms. The molecule has 0 saturated heterocycles. The van der Waals surface area contributed by atoms with Crippen LogP contribution in [0, 0.1) is 17.8 Å². The molecule has 0 fully saturated rings. The minimum atomic E-state index is -1.20. The Labute approximate surface area is 222 Å². The van der Waals surface area contributed by atoms with Gasteiger partial charge in [-0.3, -0.25) is 19.3 Å². The van der Waals surface area contributed by atoms with Crippen LogP contribution in [0.25, 0.3) is 6.08 Å². The van der Waals surface area contributed by atoms with Crippen molar-refractivity contribution in [1.29, 1.82) is 0 Å². The van der Waals surface area contributed by atoms with E-state index in [-0.39, 0.29) is 16.9 Å². The van der Waals surface area contributed by atoms with E-state index in [9.17, 15) is 29.7 Å². The van der Waals surface area contributed by atoms with E-state index in [1.165, 1.54) is 0 Å². The van der Waals surface area contributed by atoms with Crippen molar-refractivity contribution in [2.45, 2.75) is 18.9 Å². The number of phenols is 1. The second kappa shape index (κ2) is 9.92. The van der Waals surface area contributed by atoms with Crippen molar-refractivity contribution in [2.24, 2.45) is 23.5 Å². The summed E-state index contributed by atoms with van der Waals surface area (Å²) in [4.78, 5) is 44.9. The minimum absolute atomic E-state index is 0.0734. The van der Waals surface area contributed by atoms with Gasteiger partial charge in [-0.2, -0.15) is 0 Å². The normalized spacial score (nSPS) is 25.3. The number of amides is 1. The van der Waals surface area contributed by atoms with E-state index in [1.807, 2.05) is 50.1 Å². The van der Waals surface area contributed by atoms with E-state index >= 15 is 0 Å². The van der Waals surface area contributed by atoms with Gasteiger partial charge in [-0.05, 0) is 64.5 Å². The highest BCUT2D eigenvalue weighted by Crippen LogP contribution is 2.51. The van der Waals surface area contributed by atoms with E-state index < -0.39 is 58.4 Å². The molecule has 0 heterocycles. The maximum atomic E-state index is 14.0. The van der Waals surface area contributed by atoms with Crippen molar-refractivity contribution in [3.05, 3.63) is 51.5 Å². The number of carbonyl (C=O) groups excluding carboxylic acids is 3. The molecule has 5 N–H and O–H groups in total. The number of ketones is 2. The summed E-state index contributed by atoms with van der Waals surface area (Å²) in [6.45, 7) is 0.635. The molecule has 1 aromatic rings. The van der Waals surface area contributed by atoms with Crippen molar-refractivity contribution >= 4 is 29.2 Å². The van der Waals surface area contributed by atoms with Crippen LogP contribution in [0.3, 0.4) is 0 Å². The van der Waals surface area contributed by atoms with Crippen molar-refractivity contribution in [2.75, 3.05) is 53.7 Å². The highest BCUT2D eigenvalue weighted by molar-refractivity contribution is 6.22. The van der Waals surface area contributed by atoms with Crippen LogP contribution >= 0.6 is 0 Å². The number of aromatic hydroxyl groups is 1. The van der Waals surface area contributed by atoms with E-state index in [0.29, 0.717) is 30.5 Å². The lowest BCUT2D eigenvalue weighted by atomic mass is 9.60. The highest BCUT2D eigenvalue weighted by Gasteiger charge is 2.54. The smallest absolute Gasteiger partial charge is 0.255 e. The fourth-order valence-electron chi connectivity index (χ4n) is 6.25. The Morgan fingerprint density at radius 2 is 1.74 bits per heavy atom. The first-order valence-electron chi connectivity index (χ1n) is 12.6. The Kier molecular flexibility index (Phi) is 7.15. The van der Waals surface area contributed by atoms with Gasteiger partial charge < -0.3 is 30.9 Å². The van der Waals surface area contributed by atoms with E-state index in [0.717, 1.165) is 5.69 Å². The number of allylic oxidation sites excluding steroid dienone is 2. The number of primary amides is 1. The molecule has 4 atom stereocenters. The van der Waals surface area contributed by atoms with Crippen LogP contribution in [0.2, 0.25) is 0 Å². The van der Waals surface area contributed by atoms with Gasteiger partial charge in [0.25, 0.3) is 5.91 Å². The molecule has 0 aliphatic heterocycles. The molecule has 38 heavy (non-hydrogen) atoms. The Bertz CT molecular complexity index is 1310. The lowest BCUT2D eigenvalue weighted by Crippen LogP contribution is -2.53. The first-order chi connectivity index (χ1) is 17.8. The van der Waals surface area contributed by atoms with Crippen LogP contribution < -0.4 is 10.6 Å². The number of nitrogens with two attached hydrogens (primary N) is 1. The minimum Gasteiger partial charge on any atom is -0.511 e. The summed E-state index contributed by atoms with van der Waals surface area (Å²) in [6, 6.07) is 1.10. The fourth-order valence-corrected chi connectivity index (χ4v) is 6.25. The van der Waals surface area contributed by atoms with Crippen LogP contribution in [0.1, 0.15) is 27.9 Å². The van der Waals surface area contributed by atoms with Crippen LogP contribution in [-0.2, 0) is 16.0 Å². The molecule has 3 aliphatic carbocycles. The molecule has 10 heteroatoms. The number of aliphatic hydroxyl groups is 2. The van der Waals surface area contributed by atoms with Gasteiger partial charge in [-0.1, -0.05) is 12.2 Å². The van der Waals surface area contributed by atoms with Gasteiger partial charge in [0.05, 0.1) is 17.5 Å². The summed E-state index contributed by atoms with van der Waals surface area (Å²) >= 11 is 0. The first kappa shape index (κ1) is 27.4. The lowest BCUT2D eigenvalue weighted by Gasteiger charge is -2.46. The van der Waals surface area contributed by atoms with Gasteiger partial charge in [0.15, 0.2) is 11.6 Å². The summed E-state index contributed by atoms with van der Waals surface area (Å²) in [5, 5.41) is 33.5. The number of nitrogens with zero attached hydrogens (tertiary/aromatic N) is 3. The first-order valence-corrected chi connectivity index (χ1v) is 12.6. The third-order valence-electron chi connectivity index (χ3n) is 7.82. The number of rotatable bonds is 6. The third kappa shape index (κ3) is 4.27. The molecule has 10 nitrogen and oxygen atoms in total. The molecule has 3 unspecified atom stereocenters. The van der Waals surface area contributed by atoms with Crippen molar-refractivity contribution in [3.8, 4) is 5.75 Å². The maximum Gasteiger partial charge on any atom is 0.255 e. The molecular weight excluding hydrogens is 488 g/mol.